The molecule has 0 fully saturated rings. The van der Waals surface area contributed by atoms with Crippen molar-refractivity contribution in [2.75, 3.05) is 12.5 Å². The molecule has 1 unspecified atom stereocenters. The van der Waals surface area contributed by atoms with E-state index in [1.165, 1.54) is 0 Å². The molecule has 1 aromatic carbocycles. The summed E-state index contributed by atoms with van der Waals surface area (Å²) in [7, 11) is 0. The summed E-state index contributed by atoms with van der Waals surface area (Å²) in [5.74, 6) is 1.74. The van der Waals surface area contributed by atoms with Gasteiger partial charge in [-0.25, -0.2) is 0 Å². The zero-order valence-electron chi connectivity index (χ0n) is 11.6. The lowest BCUT2D eigenvalue weighted by Gasteiger charge is -2.18. The minimum atomic E-state index is -0.0118. The smallest absolute Gasteiger partial charge is 0.223 e. The van der Waals surface area contributed by atoms with Gasteiger partial charge in [-0.2, -0.15) is 0 Å². The van der Waals surface area contributed by atoms with E-state index in [1.807, 2.05) is 30.3 Å². The van der Waals surface area contributed by atoms with Gasteiger partial charge >= 0.3 is 0 Å². The molecule has 4 heteroatoms. The molecule has 0 radical (unpaired) electrons. The first kappa shape index (κ1) is 15.8. The van der Waals surface area contributed by atoms with Gasteiger partial charge in [-0.1, -0.05) is 32.0 Å². The average molecular weight is 284 g/mol. The Hall–Kier alpha value is -1.22. The van der Waals surface area contributed by atoms with Gasteiger partial charge in [0.25, 0.3) is 0 Å². The van der Waals surface area contributed by atoms with Gasteiger partial charge in [-0.05, 0) is 24.5 Å². The largest absolute Gasteiger partial charge is 0.493 e. The number of hydrogen-bond acceptors (Lipinski definition) is 2. The van der Waals surface area contributed by atoms with Gasteiger partial charge in [0, 0.05) is 11.9 Å². The molecule has 0 aliphatic carbocycles. The van der Waals surface area contributed by atoms with E-state index in [4.69, 9.17) is 16.3 Å². The van der Waals surface area contributed by atoms with Gasteiger partial charge < -0.3 is 10.1 Å². The van der Waals surface area contributed by atoms with E-state index in [2.05, 4.69) is 19.2 Å². The Labute approximate surface area is 120 Å². The predicted molar refractivity (Wildman–Crippen MR) is 78.7 cm³/mol. The number of rotatable bonds is 8. The van der Waals surface area contributed by atoms with Crippen molar-refractivity contribution in [1.82, 2.24) is 5.32 Å². The van der Waals surface area contributed by atoms with Crippen molar-refractivity contribution in [1.29, 1.82) is 0 Å². The lowest BCUT2D eigenvalue weighted by molar-refractivity contribution is -0.122. The van der Waals surface area contributed by atoms with Crippen LogP contribution in [0.25, 0.3) is 0 Å². The maximum absolute atomic E-state index is 11.7. The van der Waals surface area contributed by atoms with Gasteiger partial charge in [0.15, 0.2) is 0 Å². The maximum Gasteiger partial charge on any atom is 0.223 e. The zero-order chi connectivity index (χ0) is 14.1. The van der Waals surface area contributed by atoms with Crippen molar-refractivity contribution in [3.8, 4) is 5.75 Å². The van der Waals surface area contributed by atoms with Crippen LogP contribution in [0.2, 0.25) is 0 Å². The summed E-state index contributed by atoms with van der Waals surface area (Å²) in [6, 6.07) is 9.53. The topological polar surface area (TPSA) is 38.3 Å². The minimum Gasteiger partial charge on any atom is -0.493 e. The highest BCUT2D eigenvalue weighted by atomic mass is 35.5. The molecule has 0 aliphatic heterocycles. The number of amides is 1. The van der Waals surface area contributed by atoms with E-state index in [0.717, 1.165) is 12.2 Å². The Morgan fingerprint density at radius 3 is 2.58 bits per heavy atom. The Morgan fingerprint density at radius 2 is 2.00 bits per heavy atom. The first-order valence-corrected chi connectivity index (χ1v) is 7.18. The molecular formula is C15H22ClNO2. The molecule has 1 atom stereocenters. The van der Waals surface area contributed by atoms with E-state index in [9.17, 15) is 4.79 Å². The van der Waals surface area contributed by atoms with Gasteiger partial charge in [0.2, 0.25) is 5.91 Å². The van der Waals surface area contributed by atoms with E-state index < -0.39 is 0 Å². The van der Waals surface area contributed by atoms with Crippen LogP contribution in [-0.2, 0) is 4.79 Å². The summed E-state index contributed by atoms with van der Waals surface area (Å²) in [6.45, 7) is 4.61. The highest BCUT2D eigenvalue weighted by Gasteiger charge is 2.12. The number of benzene rings is 1. The Bertz CT molecular complexity index is 368. The van der Waals surface area contributed by atoms with Gasteiger partial charge in [-0.3, -0.25) is 4.79 Å². The number of halogens is 1. The number of hydrogen-bond donors (Lipinski definition) is 1. The summed E-state index contributed by atoms with van der Waals surface area (Å²) in [5.41, 5.74) is 0. The molecule has 106 valence electrons. The van der Waals surface area contributed by atoms with Crippen molar-refractivity contribution in [3.05, 3.63) is 30.3 Å². The highest BCUT2D eigenvalue weighted by molar-refractivity contribution is 6.18. The van der Waals surface area contributed by atoms with Crippen LogP contribution in [0.15, 0.2) is 30.3 Å². The van der Waals surface area contributed by atoms with Crippen LogP contribution < -0.4 is 10.1 Å². The quantitative estimate of drug-likeness (QED) is 0.744. The SMILES string of the molecule is CC(C)CC(CCl)NC(=O)CCOc1ccccc1. The fraction of sp³-hybridized carbons (Fsp3) is 0.533. The molecule has 0 bridgehead atoms. The molecule has 1 amide bonds. The standard InChI is InChI=1S/C15H22ClNO2/c1-12(2)10-13(11-16)17-15(18)8-9-19-14-6-4-3-5-7-14/h3-7,12-13H,8-11H2,1-2H3,(H,17,18). The van der Waals surface area contributed by atoms with Crippen LogP contribution in [0.4, 0.5) is 0 Å². The molecule has 19 heavy (non-hydrogen) atoms. The second kappa shape index (κ2) is 8.81. The molecular weight excluding hydrogens is 262 g/mol. The molecule has 1 rings (SSSR count). The Morgan fingerprint density at radius 1 is 1.32 bits per heavy atom. The average Bonchev–Trinajstić information content (AvgIpc) is 2.38. The normalized spacial score (nSPS) is 12.2. The maximum atomic E-state index is 11.7. The molecule has 3 nitrogen and oxygen atoms in total. The monoisotopic (exact) mass is 283 g/mol. The fourth-order valence-electron chi connectivity index (χ4n) is 1.81. The third-order valence-electron chi connectivity index (χ3n) is 2.65. The second-order valence-corrected chi connectivity index (χ2v) is 5.27. The molecule has 0 spiro atoms. The summed E-state index contributed by atoms with van der Waals surface area (Å²) in [5, 5.41) is 2.93. The van der Waals surface area contributed by atoms with E-state index in [-0.39, 0.29) is 11.9 Å². The first-order valence-electron chi connectivity index (χ1n) is 6.65. The summed E-state index contributed by atoms with van der Waals surface area (Å²) >= 11 is 5.84. The van der Waals surface area contributed by atoms with Crippen LogP contribution in [-0.4, -0.2) is 24.4 Å². The predicted octanol–water partition coefficient (Wildman–Crippen LogP) is 3.23. The molecule has 0 aliphatic rings. The van der Waals surface area contributed by atoms with Gasteiger partial charge in [0.05, 0.1) is 13.0 Å². The molecule has 0 aromatic heterocycles. The number of ether oxygens (including phenoxy) is 1. The third-order valence-corrected chi connectivity index (χ3v) is 3.02. The van der Waals surface area contributed by atoms with Crippen LogP contribution in [0, 0.1) is 5.92 Å². The number of alkyl halides is 1. The Balaban J connectivity index is 2.23. The summed E-state index contributed by atoms with van der Waals surface area (Å²) in [6.07, 6.45) is 1.25. The van der Waals surface area contributed by atoms with Crippen molar-refractivity contribution >= 4 is 17.5 Å². The van der Waals surface area contributed by atoms with Gasteiger partial charge in [-0.15, -0.1) is 11.6 Å². The third kappa shape index (κ3) is 7.06. The minimum absolute atomic E-state index is 0.0118. The summed E-state index contributed by atoms with van der Waals surface area (Å²) < 4.78 is 5.48. The molecule has 1 N–H and O–H groups in total. The zero-order valence-corrected chi connectivity index (χ0v) is 12.3. The van der Waals surface area contributed by atoms with E-state index in [0.29, 0.717) is 24.8 Å². The number of para-hydroxylation sites is 1. The first-order chi connectivity index (χ1) is 9.11. The van der Waals surface area contributed by atoms with Crippen molar-refractivity contribution < 1.29 is 9.53 Å². The van der Waals surface area contributed by atoms with Crippen molar-refractivity contribution in [3.63, 3.8) is 0 Å². The van der Waals surface area contributed by atoms with E-state index >= 15 is 0 Å². The number of carbonyl (C=O) groups is 1. The van der Waals surface area contributed by atoms with Crippen LogP contribution in [0.1, 0.15) is 26.7 Å². The molecule has 1 aromatic rings. The highest BCUT2D eigenvalue weighted by Crippen LogP contribution is 2.09. The lowest BCUT2D eigenvalue weighted by atomic mass is 10.1. The molecule has 0 saturated carbocycles. The fourth-order valence-corrected chi connectivity index (χ4v) is 2.01. The van der Waals surface area contributed by atoms with Crippen LogP contribution in [0.3, 0.4) is 0 Å². The summed E-state index contributed by atoms with van der Waals surface area (Å²) in [4.78, 5) is 11.7. The van der Waals surface area contributed by atoms with E-state index in [1.54, 1.807) is 0 Å². The van der Waals surface area contributed by atoms with Crippen LogP contribution >= 0.6 is 11.6 Å². The molecule has 0 saturated heterocycles. The number of nitrogens with one attached hydrogen (secondary N) is 1. The lowest BCUT2D eigenvalue weighted by Crippen LogP contribution is -2.37. The number of carbonyl (C=O) groups excluding carboxylic acids is 1. The van der Waals surface area contributed by atoms with Crippen molar-refractivity contribution in [2.24, 2.45) is 5.92 Å². The van der Waals surface area contributed by atoms with Crippen LogP contribution in [0.5, 0.6) is 5.75 Å². The van der Waals surface area contributed by atoms with Gasteiger partial charge in [0.1, 0.15) is 5.75 Å². The van der Waals surface area contributed by atoms with Crippen molar-refractivity contribution in [2.45, 2.75) is 32.7 Å². The molecule has 0 heterocycles. The Kier molecular flexibility index (Phi) is 7.34. The second-order valence-electron chi connectivity index (χ2n) is 4.96.